The lowest BCUT2D eigenvalue weighted by molar-refractivity contribution is -0.143. The highest BCUT2D eigenvalue weighted by Crippen LogP contribution is 2.29. The highest BCUT2D eigenvalue weighted by molar-refractivity contribution is 5.88. The highest BCUT2D eigenvalue weighted by Gasteiger charge is 2.37. The lowest BCUT2D eigenvalue weighted by Gasteiger charge is -2.26. The van der Waals surface area contributed by atoms with Gasteiger partial charge in [0.05, 0.1) is 24.9 Å². The van der Waals surface area contributed by atoms with E-state index >= 15 is 0 Å². The molecule has 0 radical (unpaired) electrons. The summed E-state index contributed by atoms with van der Waals surface area (Å²) in [7, 11) is 0. The number of rotatable bonds is 6. The van der Waals surface area contributed by atoms with Crippen LogP contribution in [0.5, 0.6) is 5.75 Å². The first kappa shape index (κ1) is 21.3. The predicted molar refractivity (Wildman–Crippen MR) is 115 cm³/mol. The molecule has 0 bridgehead atoms. The molecule has 4 rings (SSSR count). The van der Waals surface area contributed by atoms with Gasteiger partial charge in [-0.2, -0.15) is 0 Å². The minimum atomic E-state index is -0.599. The van der Waals surface area contributed by atoms with E-state index in [1.165, 1.54) is 0 Å². The van der Waals surface area contributed by atoms with Gasteiger partial charge in [-0.25, -0.2) is 0 Å². The van der Waals surface area contributed by atoms with Gasteiger partial charge in [0.15, 0.2) is 6.10 Å². The van der Waals surface area contributed by atoms with Gasteiger partial charge in [0, 0.05) is 32.3 Å². The minimum Gasteiger partial charge on any atom is -0.480 e. The molecule has 0 N–H and O–H groups in total. The molecule has 1 aromatic carbocycles. The number of nitrogens with zero attached hydrogens (tertiary/aromatic N) is 3. The van der Waals surface area contributed by atoms with Gasteiger partial charge in [-0.15, -0.1) is 0 Å². The number of carbonyl (C=O) groups is 2. The van der Waals surface area contributed by atoms with Crippen LogP contribution >= 0.6 is 0 Å². The smallest absolute Gasteiger partial charge is 0.264 e. The number of amides is 2. The molecule has 0 aliphatic carbocycles. The van der Waals surface area contributed by atoms with Gasteiger partial charge >= 0.3 is 0 Å². The number of fused-ring (bicyclic) bond motifs is 1. The fourth-order valence-corrected chi connectivity index (χ4v) is 4.08. The van der Waals surface area contributed by atoms with Crippen LogP contribution in [0.25, 0.3) is 0 Å². The Kier molecular flexibility index (Phi) is 6.51. The van der Waals surface area contributed by atoms with Crippen molar-refractivity contribution in [3.05, 3.63) is 59.9 Å². The van der Waals surface area contributed by atoms with Gasteiger partial charge in [0.1, 0.15) is 5.75 Å². The van der Waals surface area contributed by atoms with E-state index in [4.69, 9.17) is 9.47 Å². The maximum absolute atomic E-state index is 13.3. The fraction of sp³-hybridized carbons (Fsp3) is 0.458. The molecular formula is C24H29N3O4. The van der Waals surface area contributed by atoms with Crippen LogP contribution in [0.3, 0.4) is 0 Å². The van der Waals surface area contributed by atoms with Crippen molar-refractivity contribution in [2.45, 2.75) is 39.1 Å². The third-order valence-corrected chi connectivity index (χ3v) is 5.54. The van der Waals surface area contributed by atoms with Crippen LogP contribution in [0, 0.1) is 5.92 Å². The van der Waals surface area contributed by atoms with Gasteiger partial charge in [-0.05, 0) is 29.7 Å². The van der Waals surface area contributed by atoms with E-state index < -0.39 is 6.10 Å². The van der Waals surface area contributed by atoms with Gasteiger partial charge in [-0.3, -0.25) is 14.6 Å². The molecule has 1 saturated heterocycles. The van der Waals surface area contributed by atoms with Gasteiger partial charge < -0.3 is 19.3 Å². The highest BCUT2D eigenvalue weighted by atomic mass is 16.5. The van der Waals surface area contributed by atoms with Crippen LogP contribution in [0.1, 0.15) is 25.1 Å². The molecule has 2 aromatic rings. The molecule has 1 fully saturated rings. The monoisotopic (exact) mass is 423 g/mol. The Hall–Kier alpha value is -2.93. The van der Waals surface area contributed by atoms with Crippen molar-refractivity contribution < 1.29 is 19.1 Å². The second-order valence-electron chi connectivity index (χ2n) is 8.58. The van der Waals surface area contributed by atoms with Crippen LogP contribution in [0.4, 0.5) is 0 Å². The molecule has 2 aliphatic rings. The summed E-state index contributed by atoms with van der Waals surface area (Å²) in [5.41, 5.74) is 1.84. The third kappa shape index (κ3) is 5.22. The summed E-state index contributed by atoms with van der Waals surface area (Å²) in [6.07, 6.45) is 1.36. The summed E-state index contributed by atoms with van der Waals surface area (Å²) < 4.78 is 12.0. The van der Waals surface area contributed by atoms with Crippen LogP contribution < -0.4 is 4.74 Å². The Morgan fingerprint density at radius 2 is 2.00 bits per heavy atom. The van der Waals surface area contributed by atoms with Crippen LogP contribution in [-0.4, -0.2) is 65.0 Å². The Morgan fingerprint density at radius 3 is 2.74 bits per heavy atom. The standard InChI is InChI=1S/C24H29N3O4/c1-17(2)12-26-13-20(30-16-19-8-5-6-10-25-19)14-27(15-23(26)28)24(29)22-11-18-7-3-4-9-21(18)31-22/h3-10,17,20,22H,11-16H2,1-2H3. The molecule has 0 saturated carbocycles. The Labute approximate surface area is 183 Å². The molecule has 31 heavy (non-hydrogen) atoms. The number of aromatic nitrogens is 1. The molecular weight excluding hydrogens is 394 g/mol. The second kappa shape index (κ2) is 9.47. The van der Waals surface area contributed by atoms with Gasteiger partial charge in [0.2, 0.25) is 5.91 Å². The quantitative estimate of drug-likeness (QED) is 0.713. The number of pyridine rings is 1. The number of benzene rings is 1. The third-order valence-electron chi connectivity index (χ3n) is 5.54. The molecule has 7 nitrogen and oxygen atoms in total. The summed E-state index contributed by atoms with van der Waals surface area (Å²) >= 11 is 0. The summed E-state index contributed by atoms with van der Waals surface area (Å²) in [5.74, 6) is 0.852. The van der Waals surface area contributed by atoms with E-state index in [0.717, 1.165) is 17.0 Å². The molecule has 2 amide bonds. The van der Waals surface area contributed by atoms with E-state index in [-0.39, 0.29) is 24.5 Å². The predicted octanol–water partition coefficient (Wildman–Crippen LogP) is 2.30. The first-order valence-electron chi connectivity index (χ1n) is 10.8. The molecule has 2 unspecified atom stereocenters. The zero-order chi connectivity index (χ0) is 21.8. The maximum Gasteiger partial charge on any atom is 0.264 e. The van der Waals surface area contributed by atoms with Crippen LogP contribution in [0.2, 0.25) is 0 Å². The number of carbonyl (C=O) groups excluding carboxylic acids is 2. The summed E-state index contributed by atoms with van der Waals surface area (Å²) in [6.45, 7) is 5.98. The van der Waals surface area contributed by atoms with E-state index in [1.54, 1.807) is 11.1 Å². The lowest BCUT2D eigenvalue weighted by Crippen LogP contribution is -2.46. The maximum atomic E-state index is 13.3. The average Bonchev–Trinajstić information content (AvgIpc) is 3.13. The first-order chi connectivity index (χ1) is 15.0. The summed E-state index contributed by atoms with van der Waals surface area (Å²) in [4.78, 5) is 33.9. The molecule has 3 heterocycles. The largest absolute Gasteiger partial charge is 0.480 e. The molecule has 2 atom stereocenters. The van der Waals surface area contributed by atoms with E-state index in [0.29, 0.717) is 38.6 Å². The number of ether oxygens (including phenoxy) is 2. The topological polar surface area (TPSA) is 72.0 Å². The van der Waals surface area contributed by atoms with Gasteiger partial charge in [0.25, 0.3) is 5.91 Å². The SMILES string of the molecule is CC(C)CN1CC(OCc2ccccn2)CN(C(=O)C2Cc3ccccc3O2)CC1=O. The van der Waals surface area contributed by atoms with Crippen molar-refractivity contribution in [1.29, 1.82) is 0 Å². The molecule has 0 spiro atoms. The van der Waals surface area contributed by atoms with Crippen molar-refractivity contribution >= 4 is 11.8 Å². The average molecular weight is 424 g/mol. The Bertz CT molecular complexity index is 893. The van der Waals surface area contributed by atoms with E-state index in [2.05, 4.69) is 18.8 Å². The van der Waals surface area contributed by atoms with Crippen LogP contribution in [0.15, 0.2) is 48.7 Å². The molecule has 1 aromatic heterocycles. The van der Waals surface area contributed by atoms with Crippen molar-refractivity contribution in [1.82, 2.24) is 14.8 Å². The lowest BCUT2D eigenvalue weighted by atomic mass is 10.1. The van der Waals surface area contributed by atoms with Crippen molar-refractivity contribution in [3.63, 3.8) is 0 Å². The summed E-state index contributed by atoms with van der Waals surface area (Å²) in [5, 5.41) is 0. The Morgan fingerprint density at radius 1 is 1.19 bits per heavy atom. The molecule has 164 valence electrons. The zero-order valence-electron chi connectivity index (χ0n) is 18.1. The number of hydrogen-bond donors (Lipinski definition) is 0. The van der Waals surface area contributed by atoms with Crippen LogP contribution in [-0.2, 0) is 27.4 Å². The zero-order valence-corrected chi connectivity index (χ0v) is 18.1. The first-order valence-corrected chi connectivity index (χ1v) is 10.8. The van der Waals surface area contributed by atoms with E-state index in [1.807, 2.05) is 47.4 Å². The fourth-order valence-electron chi connectivity index (χ4n) is 4.08. The van der Waals surface area contributed by atoms with Crippen molar-refractivity contribution in [2.24, 2.45) is 5.92 Å². The van der Waals surface area contributed by atoms with Crippen molar-refractivity contribution in [3.8, 4) is 5.75 Å². The second-order valence-corrected chi connectivity index (χ2v) is 8.58. The summed E-state index contributed by atoms with van der Waals surface area (Å²) in [6, 6.07) is 13.4. The number of hydrogen-bond acceptors (Lipinski definition) is 5. The Balaban J connectivity index is 1.47. The number of para-hydroxylation sites is 1. The molecule has 2 aliphatic heterocycles. The van der Waals surface area contributed by atoms with E-state index in [9.17, 15) is 9.59 Å². The van der Waals surface area contributed by atoms with Crippen molar-refractivity contribution in [2.75, 3.05) is 26.2 Å². The minimum absolute atomic E-state index is 0.0468. The van der Waals surface area contributed by atoms with Gasteiger partial charge in [-0.1, -0.05) is 38.1 Å². The normalized spacial score (nSPS) is 21.1. The molecule has 7 heteroatoms.